The third-order valence-corrected chi connectivity index (χ3v) is 3.01. The Morgan fingerprint density at radius 3 is 1.71 bits per heavy atom. The van der Waals surface area contributed by atoms with Crippen LogP contribution in [0.2, 0.25) is 0 Å². The molecule has 0 bridgehead atoms. The summed E-state index contributed by atoms with van der Waals surface area (Å²) in [5.41, 5.74) is -0.0132. The highest BCUT2D eigenvalue weighted by Crippen LogP contribution is 2.17. The van der Waals surface area contributed by atoms with Crippen LogP contribution in [0, 0.1) is 0 Å². The van der Waals surface area contributed by atoms with E-state index in [1.165, 1.54) is 18.2 Å². The van der Waals surface area contributed by atoms with Crippen molar-refractivity contribution in [3.05, 3.63) is 65.2 Å². The summed E-state index contributed by atoms with van der Waals surface area (Å²) in [5, 5.41) is -1.60. The summed E-state index contributed by atoms with van der Waals surface area (Å²) in [6.45, 7) is 0. The molecule has 0 heterocycles. The predicted octanol–water partition coefficient (Wildman–Crippen LogP) is 3.66. The smallest absolute Gasteiger partial charge is 0.343 e. The molecule has 0 radical (unpaired) electrons. The molecule has 0 saturated carbocycles. The molecule has 2 aromatic carbocycles. The molecule has 0 unspecified atom stereocenters. The van der Waals surface area contributed by atoms with Crippen molar-refractivity contribution in [3.8, 4) is 5.75 Å². The Balaban J connectivity index is 2.36. The molecule has 0 saturated heterocycles. The van der Waals surface area contributed by atoms with Gasteiger partial charge in [0.15, 0.2) is 0 Å². The Labute approximate surface area is 130 Å². The van der Waals surface area contributed by atoms with Gasteiger partial charge in [-0.25, -0.2) is 4.79 Å². The highest BCUT2D eigenvalue weighted by molar-refractivity contribution is 6.69. The van der Waals surface area contributed by atoms with Crippen LogP contribution in [0.1, 0.15) is 31.1 Å². The van der Waals surface area contributed by atoms with Crippen LogP contribution in [0.3, 0.4) is 0 Å². The van der Waals surface area contributed by atoms with Crippen LogP contribution in [0.15, 0.2) is 48.5 Å². The molecule has 106 valence electrons. The van der Waals surface area contributed by atoms with Gasteiger partial charge in [-0.3, -0.25) is 9.59 Å². The molecule has 0 aliphatic heterocycles. The number of esters is 1. The second kappa shape index (κ2) is 6.52. The first-order chi connectivity index (χ1) is 9.97. The van der Waals surface area contributed by atoms with Crippen LogP contribution < -0.4 is 4.74 Å². The number of benzene rings is 2. The van der Waals surface area contributed by atoms with Crippen molar-refractivity contribution in [1.82, 2.24) is 0 Å². The third kappa shape index (κ3) is 3.90. The zero-order valence-corrected chi connectivity index (χ0v) is 12.0. The maximum absolute atomic E-state index is 12.0. The molecular weight excluding hydrogens is 315 g/mol. The topological polar surface area (TPSA) is 60.4 Å². The normalized spacial score (nSPS) is 10.0. The first-order valence-electron chi connectivity index (χ1n) is 5.79. The van der Waals surface area contributed by atoms with Crippen molar-refractivity contribution in [1.29, 1.82) is 0 Å². The highest BCUT2D eigenvalue weighted by atomic mass is 35.5. The number of halogens is 2. The quantitative estimate of drug-likeness (QED) is 0.489. The van der Waals surface area contributed by atoms with Gasteiger partial charge in [-0.1, -0.05) is 18.2 Å². The molecule has 0 aromatic heterocycles. The van der Waals surface area contributed by atoms with Gasteiger partial charge in [0.25, 0.3) is 10.5 Å². The molecule has 0 fully saturated rings. The Hall–Kier alpha value is -2.17. The summed E-state index contributed by atoms with van der Waals surface area (Å²) in [7, 11) is 0. The van der Waals surface area contributed by atoms with E-state index in [0.717, 1.165) is 0 Å². The van der Waals surface area contributed by atoms with Crippen molar-refractivity contribution in [3.63, 3.8) is 0 Å². The number of carbonyl (C=O) groups is 3. The molecule has 21 heavy (non-hydrogen) atoms. The summed E-state index contributed by atoms with van der Waals surface area (Å²) in [4.78, 5) is 34.5. The number of carbonyl (C=O) groups excluding carboxylic acids is 3. The number of hydrogen-bond acceptors (Lipinski definition) is 4. The third-order valence-electron chi connectivity index (χ3n) is 2.58. The molecule has 2 aromatic rings. The fraction of sp³-hybridized carbons (Fsp3) is 0. The molecule has 4 nitrogen and oxygen atoms in total. The monoisotopic (exact) mass is 322 g/mol. The van der Waals surface area contributed by atoms with Crippen LogP contribution in [0.5, 0.6) is 5.75 Å². The van der Waals surface area contributed by atoms with Crippen molar-refractivity contribution < 1.29 is 19.1 Å². The van der Waals surface area contributed by atoms with Crippen LogP contribution in [0.4, 0.5) is 0 Å². The first kappa shape index (κ1) is 15.2. The molecule has 0 atom stereocenters. The van der Waals surface area contributed by atoms with E-state index in [2.05, 4.69) is 0 Å². The zero-order valence-electron chi connectivity index (χ0n) is 10.5. The fourth-order valence-electron chi connectivity index (χ4n) is 1.63. The zero-order chi connectivity index (χ0) is 15.4. The maximum atomic E-state index is 12.0. The molecule has 6 heteroatoms. The molecular formula is C15H8Cl2O4. The van der Waals surface area contributed by atoms with E-state index in [9.17, 15) is 14.4 Å². The van der Waals surface area contributed by atoms with Crippen LogP contribution in [0.25, 0.3) is 0 Å². The number of para-hydroxylation sites is 1. The van der Waals surface area contributed by atoms with Crippen LogP contribution >= 0.6 is 23.2 Å². The van der Waals surface area contributed by atoms with Gasteiger partial charge in [0.1, 0.15) is 5.75 Å². The lowest BCUT2D eigenvalue weighted by Crippen LogP contribution is -2.10. The molecule has 2 rings (SSSR count). The average molecular weight is 323 g/mol. The number of hydrogen-bond donors (Lipinski definition) is 0. The van der Waals surface area contributed by atoms with Crippen LogP contribution in [-0.2, 0) is 0 Å². The lowest BCUT2D eigenvalue weighted by atomic mass is 10.1. The summed E-state index contributed by atoms with van der Waals surface area (Å²) in [6.07, 6.45) is 0. The number of ether oxygens (including phenoxy) is 1. The minimum atomic E-state index is -0.802. The average Bonchev–Trinajstić information content (AvgIpc) is 2.47. The van der Waals surface area contributed by atoms with E-state index >= 15 is 0 Å². The van der Waals surface area contributed by atoms with Gasteiger partial charge in [0, 0.05) is 11.1 Å². The van der Waals surface area contributed by atoms with Crippen LogP contribution in [-0.4, -0.2) is 16.5 Å². The number of rotatable bonds is 4. The van der Waals surface area contributed by atoms with Gasteiger partial charge in [-0.2, -0.15) is 0 Å². The second-order valence-electron chi connectivity index (χ2n) is 4.05. The molecule has 0 N–H and O–H groups in total. The van der Waals surface area contributed by atoms with Gasteiger partial charge in [0.05, 0.1) is 5.56 Å². The van der Waals surface area contributed by atoms with E-state index in [4.69, 9.17) is 27.9 Å². The van der Waals surface area contributed by atoms with Crippen molar-refractivity contribution in [2.24, 2.45) is 0 Å². The van der Waals surface area contributed by atoms with E-state index < -0.39 is 16.5 Å². The molecule has 0 amide bonds. The SMILES string of the molecule is O=C(Cl)c1cc(C(=O)Cl)cc(C(=O)Oc2ccccc2)c1. The second-order valence-corrected chi connectivity index (χ2v) is 4.74. The molecule has 0 aliphatic rings. The fourth-order valence-corrected chi connectivity index (χ4v) is 1.85. The summed E-state index contributed by atoms with van der Waals surface area (Å²) < 4.78 is 5.12. The maximum Gasteiger partial charge on any atom is 0.343 e. The van der Waals surface area contributed by atoms with Gasteiger partial charge in [-0.05, 0) is 53.5 Å². The van der Waals surface area contributed by atoms with E-state index in [0.29, 0.717) is 5.75 Å². The van der Waals surface area contributed by atoms with Crippen molar-refractivity contribution in [2.45, 2.75) is 0 Å². The van der Waals surface area contributed by atoms with Gasteiger partial charge in [0.2, 0.25) is 0 Å². The Morgan fingerprint density at radius 2 is 1.24 bits per heavy atom. The van der Waals surface area contributed by atoms with Gasteiger partial charge >= 0.3 is 5.97 Å². The largest absolute Gasteiger partial charge is 0.423 e. The van der Waals surface area contributed by atoms with Crippen molar-refractivity contribution >= 4 is 39.7 Å². The summed E-state index contributed by atoms with van der Waals surface area (Å²) >= 11 is 10.7. The van der Waals surface area contributed by atoms with E-state index in [1.54, 1.807) is 30.3 Å². The highest BCUT2D eigenvalue weighted by Gasteiger charge is 2.16. The minimum absolute atomic E-state index is 0.00866. The van der Waals surface area contributed by atoms with Crippen molar-refractivity contribution in [2.75, 3.05) is 0 Å². The standard InChI is InChI=1S/C15H8Cl2O4/c16-13(18)9-6-10(14(17)19)8-11(7-9)15(20)21-12-4-2-1-3-5-12/h1-8H. The Morgan fingerprint density at radius 1 is 0.762 bits per heavy atom. The Kier molecular flexibility index (Phi) is 4.73. The molecule has 0 aliphatic carbocycles. The van der Waals surface area contributed by atoms with E-state index in [1.807, 2.05) is 0 Å². The Bertz CT molecular complexity index is 679. The first-order valence-corrected chi connectivity index (χ1v) is 6.55. The predicted molar refractivity (Wildman–Crippen MR) is 78.2 cm³/mol. The van der Waals surface area contributed by atoms with Gasteiger partial charge in [-0.15, -0.1) is 0 Å². The summed E-state index contributed by atoms with van der Waals surface area (Å²) in [5.74, 6) is -0.385. The van der Waals surface area contributed by atoms with E-state index in [-0.39, 0.29) is 16.7 Å². The lowest BCUT2D eigenvalue weighted by Gasteiger charge is -2.06. The minimum Gasteiger partial charge on any atom is -0.423 e. The summed E-state index contributed by atoms with van der Waals surface area (Å²) in [6, 6.07) is 12.1. The van der Waals surface area contributed by atoms with Gasteiger partial charge < -0.3 is 4.74 Å². The molecule has 0 spiro atoms. The lowest BCUT2D eigenvalue weighted by molar-refractivity contribution is 0.0734.